The van der Waals surface area contributed by atoms with Crippen LogP contribution in [0.25, 0.3) is 6.08 Å². The number of rotatable bonds is 10. The van der Waals surface area contributed by atoms with Gasteiger partial charge in [-0.05, 0) is 49.1 Å². The first-order valence-electron chi connectivity index (χ1n) is 11.4. The first-order valence-corrected chi connectivity index (χ1v) is 11.8. The van der Waals surface area contributed by atoms with E-state index < -0.39 is 12.5 Å². The summed E-state index contributed by atoms with van der Waals surface area (Å²) in [6, 6.07) is 11.3. The fraction of sp³-hybridized carbons (Fsp3) is 0.231. The molecule has 4 rings (SSSR count). The largest absolute Gasteiger partial charge is 0.489 e. The van der Waals surface area contributed by atoms with Gasteiger partial charge in [0.2, 0.25) is 5.91 Å². The van der Waals surface area contributed by atoms with E-state index in [4.69, 9.17) is 21.6 Å². The van der Waals surface area contributed by atoms with Gasteiger partial charge < -0.3 is 20.1 Å². The molecule has 0 unspecified atom stereocenters. The highest BCUT2D eigenvalue weighted by Gasteiger charge is 2.21. The molecule has 0 bridgehead atoms. The van der Waals surface area contributed by atoms with Crippen LogP contribution in [0.4, 0.5) is 26.1 Å². The maximum absolute atomic E-state index is 12.9. The number of nitrogens with one attached hydrogen (secondary N) is 2. The summed E-state index contributed by atoms with van der Waals surface area (Å²) >= 11 is 6.07. The molecule has 1 aromatic carbocycles. The normalized spacial score (nSPS) is 13.2. The Morgan fingerprint density at radius 3 is 2.76 bits per heavy atom. The van der Waals surface area contributed by atoms with Gasteiger partial charge >= 0.3 is 6.61 Å². The monoisotopic (exact) mass is 525 g/mol. The van der Waals surface area contributed by atoms with Crippen molar-refractivity contribution in [3.05, 3.63) is 71.0 Å². The van der Waals surface area contributed by atoms with E-state index in [1.807, 2.05) is 6.07 Å². The van der Waals surface area contributed by atoms with Gasteiger partial charge in [0.15, 0.2) is 17.3 Å². The van der Waals surface area contributed by atoms with Gasteiger partial charge in [0.1, 0.15) is 11.9 Å². The number of nitrogens with zero attached hydrogens (tertiary/aromatic N) is 3. The van der Waals surface area contributed by atoms with E-state index in [0.717, 1.165) is 19.3 Å². The molecular weight excluding hydrogens is 504 g/mol. The molecule has 190 valence electrons. The van der Waals surface area contributed by atoms with E-state index >= 15 is 0 Å². The topological polar surface area (TPSA) is 109 Å². The number of hydrogen-bond acceptors (Lipinski definition) is 7. The van der Waals surface area contributed by atoms with Crippen molar-refractivity contribution in [3.8, 4) is 17.6 Å². The summed E-state index contributed by atoms with van der Waals surface area (Å²) in [7, 11) is 0. The number of carbonyl (C=O) groups is 1. The summed E-state index contributed by atoms with van der Waals surface area (Å²) in [5, 5.41) is 14.9. The molecule has 2 N–H and O–H groups in total. The third-order valence-electron chi connectivity index (χ3n) is 5.58. The highest BCUT2D eigenvalue weighted by molar-refractivity contribution is 6.31. The first kappa shape index (κ1) is 25.9. The Morgan fingerprint density at radius 1 is 1.24 bits per heavy atom. The summed E-state index contributed by atoms with van der Waals surface area (Å²) in [5.41, 5.74) is 1.09. The van der Waals surface area contributed by atoms with Crippen LogP contribution in [0, 0.1) is 17.2 Å². The summed E-state index contributed by atoms with van der Waals surface area (Å²) in [6.07, 6.45) is 8.65. The Hall–Kier alpha value is -4.23. The third kappa shape index (κ3) is 7.15. The Morgan fingerprint density at radius 2 is 2.08 bits per heavy atom. The minimum Gasteiger partial charge on any atom is -0.489 e. The van der Waals surface area contributed by atoms with E-state index in [0.29, 0.717) is 34.5 Å². The molecule has 3 aromatic rings. The number of anilines is 3. The number of pyridine rings is 2. The van der Waals surface area contributed by atoms with Crippen molar-refractivity contribution in [2.75, 3.05) is 17.2 Å². The van der Waals surface area contributed by atoms with Crippen molar-refractivity contribution >= 4 is 40.9 Å². The van der Waals surface area contributed by atoms with E-state index in [-0.39, 0.29) is 23.0 Å². The van der Waals surface area contributed by atoms with Crippen LogP contribution in [-0.2, 0) is 4.79 Å². The van der Waals surface area contributed by atoms with E-state index in [1.54, 1.807) is 24.3 Å². The predicted molar refractivity (Wildman–Crippen MR) is 135 cm³/mol. The van der Waals surface area contributed by atoms with Crippen LogP contribution < -0.4 is 20.1 Å². The number of carbonyl (C=O) groups excluding carboxylic acids is 1. The molecule has 8 nitrogen and oxygen atoms in total. The molecule has 0 saturated heterocycles. The SMILES string of the molecule is N#Cc1ccc(Nc2ncc(Cl)cc2NC(=O)/C=C/c2cccc(OC(F)F)c2OCC2CCC2)nc1. The van der Waals surface area contributed by atoms with Crippen molar-refractivity contribution in [1.82, 2.24) is 9.97 Å². The van der Waals surface area contributed by atoms with Gasteiger partial charge in [-0.15, -0.1) is 0 Å². The van der Waals surface area contributed by atoms with Gasteiger partial charge in [0.25, 0.3) is 0 Å². The number of alkyl halides is 2. The third-order valence-corrected chi connectivity index (χ3v) is 5.79. The number of para-hydroxylation sites is 1. The van der Waals surface area contributed by atoms with Crippen LogP contribution >= 0.6 is 11.6 Å². The van der Waals surface area contributed by atoms with Crippen LogP contribution in [0.15, 0.2) is 54.9 Å². The molecule has 2 heterocycles. The minimum absolute atomic E-state index is 0.0997. The molecule has 2 aromatic heterocycles. The van der Waals surface area contributed by atoms with Crippen LogP contribution in [0.1, 0.15) is 30.4 Å². The number of nitriles is 1. The zero-order valence-corrected chi connectivity index (χ0v) is 20.2. The first-order chi connectivity index (χ1) is 17.9. The van der Waals surface area contributed by atoms with E-state index in [1.165, 1.54) is 36.7 Å². The van der Waals surface area contributed by atoms with Gasteiger partial charge in [-0.1, -0.05) is 30.2 Å². The highest BCUT2D eigenvalue weighted by Crippen LogP contribution is 2.36. The molecule has 0 radical (unpaired) electrons. The molecule has 11 heteroatoms. The molecule has 1 fully saturated rings. The quantitative estimate of drug-likeness (QED) is 0.304. The van der Waals surface area contributed by atoms with Crippen molar-refractivity contribution < 1.29 is 23.0 Å². The van der Waals surface area contributed by atoms with Gasteiger partial charge in [-0.25, -0.2) is 9.97 Å². The summed E-state index contributed by atoms with van der Waals surface area (Å²) < 4.78 is 36.3. The lowest BCUT2D eigenvalue weighted by molar-refractivity contribution is -0.111. The second kappa shape index (κ2) is 12.1. The van der Waals surface area contributed by atoms with Crippen molar-refractivity contribution in [2.24, 2.45) is 5.92 Å². The van der Waals surface area contributed by atoms with Crippen LogP contribution in [0.2, 0.25) is 5.02 Å². The highest BCUT2D eigenvalue weighted by atomic mass is 35.5. The van der Waals surface area contributed by atoms with Crippen LogP contribution in [-0.4, -0.2) is 29.1 Å². The lowest BCUT2D eigenvalue weighted by atomic mass is 9.86. The Labute approximate surface area is 216 Å². The predicted octanol–water partition coefficient (Wildman–Crippen LogP) is 6.18. The number of benzene rings is 1. The molecule has 0 atom stereocenters. The molecule has 0 spiro atoms. The summed E-state index contributed by atoms with van der Waals surface area (Å²) in [6.45, 7) is -2.64. The number of aromatic nitrogens is 2. The van der Waals surface area contributed by atoms with Gasteiger partial charge in [-0.2, -0.15) is 14.0 Å². The van der Waals surface area contributed by atoms with E-state index in [9.17, 15) is 13.6 Å². The Kier molecular flexibility index (Phi) is 8.48. The molecule has 1 amide bonds. The summed E-state index contributed by atoms with van der Waals surface area (Å²) in [4.78, 5) is 21.1. The molecule has 1 aliphatic carbocycles. The van der Waals surface area contributed by atoms with Crippen molar-refractivity contribution in [1.29, 1.82) is 5.26 Å². The fourth-order valence-corrected chi connectivity index (χ4v) is 3.66. The van der Waals surface area contributed by atoms with Crippen molar-refractivity contribution in [2.45, 2.75) is 25.9 Å². The molecule has 1 aliphatic rings. The molecular formula is C26H22ClF2N5O3. The maximum atomic E-state index is 12.9. The number of hydrogen-bond donors (Lipinski definition) is 2. The minimum atomic E-state index is -3.01. The average molecular weight is 526 g/mol. The smallest absolute Gasteiger partial charge is 0.387 e. The van der Waals surface area contributed by atoms with Crippen LogP contribution in [0.5, 0.6) is 11.5 Å². The number of ether oxygens (including phenoxy) is 2. The maximum Gasteiger partial charge on any atom is 0.387 e. The van der Waals surface area contributed by atoms with Crippen molar-refractivity contribution in [3.63, 3.8) is 0 Å². The zero-order chi connectivity index (χ0) is 26.2. The standard InChI is InChI=1S/C26H22ClF2N5O3/c27-19-11-20(25(32-14-19)34-22-9-7-17(12-30)13-31-22)33-23(35)10-8-18-5-2-6-21(37-26(28)29)24(18)36-15-16-3-1-4-16/h2,5-11,13-14,16,26H,1,3-4,15H2,(H,33,35)(H,31,32,34)/b10-8+. The van der Waals surface area contributed by atoms with Gasteiger partial charge in [-0.3, -0.25) is 4.79 Å². The second-order valence-corrected chi connectivity index (χ2v) is 8.64. The fourth-order valence-electron chi connectivity index (χ4n) is 3.50. The Balaban J connectivity index is 1.51. The van der Waals surface area contributed by atoms with Crippen LogP contribution in [0.3, 0.4) is 0 Å². The zero-order valence-electron chi connectivity index (χ0n) is 19.5. The second-order valence-electron chi connectivity index (χ2n) is 8.20. The lowest BCUT2D eigenvalue weighted by Crippen LogP contribution is -2.20. The number of halogens is 3. The molecule has 0 aliphatic heterocycles. The molecule has 37 heavy (non-hydrogen) atoms. The lowest BCUT2D eigenvalue weighted by Gasteiger charge is -2.26. The number of amides is 1. The van der Waals surface area contributed by atoms with Gasteiger partial charge in [0, 0.05) is 24.0 Å². The molecule has 1 saturated carbocycles. The Bertz CT molecular complexity index is 1320. The van der Waals surface area contributed by atoms with Gasteiger partial charge in [0.05, 0.1) is 22.9 Å². The van der Waals surface area contributed by atoms with E-state index in [2.05, 4.69) is 25.3 Å². The summed E-state index contributed by atoms with van der Waals surface area (Å²) in [5.74, 6) is 0.579. The average Bonchev–Trinajstić information content (AvgIpc) is 2.84.